The molecular weight excluding hydrogens is 290 g/mol. The fourth-order valence-electron chi connectivity index (χ4n) is 2.79. The van der Waals surface area contributed by atoms with Crippen molar-refractivity contribution in [1.29, 1.82) is 0 Å². The lowest BCUT2D eigenvalue weighted by Crippen LogP contribution is -2.33. The van der Waals surface area contributed by atoms with E-state index in [4.69, 9.17) is 0 Å². The Morgan fingerprint density at radius 2 is 1.52 bits per heavy atom. The molecule has 0 radical (unpaired) electrons. The van der Waals surface area contributed by atoms with Gasteiger partial charge >= 0.3 is 5.97 Å². The molecule has 0 aromatic rings. The van der Waals surface area contributed by atoms with Gasteiger partial charge in [-0.1, -0.05) is 44.6 Å². The highest BCUT2D eigenvalue weighted by Gasteiger charge is 2.22. The minimum atomic E-state index is -0.838. The number of amides is 1. The lowest BCUT2D eigenvalue weighted by Gasteiger charge is -2.21. The van der Waals surface area contributed by atoms with Gasteiger partial charge in [0, 0.05) is 19.5 Å². The summed E-state index contributed by atoms with van der Waals surface area (Å²) in [6, 6.07) is 0. The number of hydrogen-bond acceptors (Lipinski definition) is 2. The SMILES string of the molecule is C=CCCCCCCCCCC(CC(=O)N(CC)CC)C(=O)O. The number of hydrogen-bond donors (Lipinski definition) is 1. The molecule has 0 aliphatic heterocycles. The summed E-state index contributed by atoms with van der Waals surface area (Å²) in [7, 11) is 0. The first-order chi connectivity index (χ1) is 11.1. The van der Waals surface area contributed by atoms with Crippen molar-refractivity contribution >= 4 is 11.9 Å². The van der Waals surface area contributed by atoms with Crippen molar-refractivity contribution < 1.29 is 14.7 Å². The molecule has 4 nitrogen and oxygen atoms in total. The van der Waals surface area contributed by atoms with Gasteiger partial charge in [0.15, 0.2) is 0 Å². The maximum absolute atomic E-state index is 12.0. The zero-order valence-corrected chi connectivity index (χ0v) is 15.1. The lowest BCUT2D eigenvalue weighted by atomic mass is 9.96. The number of unbranched alkanes of at least 4 members (excludes halogenated alkanes) is 7. The van der Waals surface area contributed by atoms with E-state index >= 15 is 0 Å². The minimum absolute atomic E-state index is 0.0374. The van der Waals surface area contributed by atoms with Gasteiger partial charge in [-0.3, -0.25) is 9.59 Å². The number of nitrogens with zero attached hydrogens (tertiary/aromatic N) is 1. The van der Waals surface area contributed by atoms with Gasteiger partial charge in [0.1, 0.15) is 0 Å². The molecule has 0 rings (SSSR count). The predicted molar refractivity (Wildman–Crippen MR) is 95.4 cm³/mol. The molecule has 0 heterocycles. The molecular formula is C19H35NO3. The topological polar surface area (TPSA) is 57.6 Å². The average Bonchev–Trinajstić information content (AvgIpc) is 2.53. The molecule has 134 valence electrons. The van der Waals surface area contributed by atoms with Gasteiger partial charge in [-0.05, 0) is 33.1 Å². The monoisotopic (exact) mass is 325 g/mol. The number of aliphatic carboxylic acids is 1. The Morgan fingerprint density at radius 3 is 2.00 bits per heavy atom. The molecule has 0 aliphatic rings. The maximum Gasteiger partial charge on any atom is 0.307 e. The van der Waals surface area contributed by atoms with Crippen LogP contribution in [0.3, 0.4) is 0 Å². The van der Waals surface area contributed by atoms with Crippen molar-refractivity contribution in [2.24, 2.45) is 5.92 Å². The summed E-state index contributed by atoms with van der Waals surface area (Å²) in [5.74, 6) is -1.41. The van der Waals surface area contributed by atoms with E-state index in [-0.39, 0.29) is 12.3 Å². The molecule has 23 heavy (non-hydrogen) atoms. The molecule has 0 aromatic heterocycles. The fourth-order valence-corrected chi connectivity index (χ4v) is 2.79. The minimum Gasteiger partial charge on any atom is -0.481 e. The Kier molecular flexibility index (Phi) is 13.5. The Bertz CT molecular complexity index is 338. The molecule has 0 saturated heterocycles. The molecule has 0 spiro atoms. The summed E-state index contributed by atoms with van der Waals surface area (Å²) in [4.78, 5) is 25.1. The maximum atomic E-state index is 12.0. The van der Waals surface area contributed by atoms with Gasteiger partial charge < -0.3 is 10.0 Å². The van der Waals surface area contributed by atoms with Crippen LogP contribution in [-0.2, 0) is 9.59 Å². The normalized spacial score (nSPS) is 11.9. The number of rotatable bonds is 15. The van der Waals surface area contributed by atoms with Crippen LogP contribution in [0, 0.1) is 5.92 Å². The zero-order valence-electron chi connectivity index (χ0n) is 15.1. The first-order valence-electron chi connectivity index (χ1n) is 9.18. The third-order valence-corrected chi connectivity index (χ3v) is 4.35. The summed E-state index contributed by atoms with van der Waals surface area (Å²) in [5.41, 5.74) is 0. The van der Waals surface area contributed by atoms with Crippen LogP contribution in [0.4, 0.5) is 0 Å². The van der Waals surface area contributed by atoms with Crippen LogP contribution in [0.2, 0.25) is 0 Å². The highest BCUT2D eigenvalue weighted by atomic mass is 16.4. The van der Waals surface area contributed by atoms with Crippen molar-refractivity contribution in [2.75, 3.05) is 13.1 Å². The molecule has 1 unspecified atom stereocenters. The molecule has 1 amide bonds. The second-order valence-electron chi connectivity index (χ2n) is 6.15. The standard InChI is InChI=1S/C19H35NO3/c1-4-7-8-9-10-11-12-13-14-15-17(19(22)23)16-18(21)20(5-2)6-3/h4,17H,1,5-16H2,2-3H3,(H,22,23). The Balaban J connectivity index is 3.87. The van der Waals surface area contributed by atoms with Crippen molar-refractivity contribution in [2.45, 2.75) is 78.1 Å². The van der Waals surface area contributed by atoms with Gasteiger partial charge in [0.05, 0.1) is 5.92 Å². The van der Waals surface area contributed by atoms with E-state index in [0.717, 1.165) is 25.7 Å². The smallest absolute Gasteiger partial charge is 0.307 e. The third kappa shape index (κ3) is 10.9. The van der Waals surface area contributed by atoms with Crippen LogP contribution in [0.1, 0.15) is 78.1 Å². The second-order valence-corrected chi connectivity index (χ2v) is 6.15. The van der Waals surface area contributed by atoms with Crippen LogP contribution in [0.15, 0.2) is 12.7 Å². The average molecular weight is 325 g/mol. The molecule has 0 aliphatic carbocycles. The van der Waals surface area contributed by atoms with Gasteiger partial charge in [0.25, 0.3) is 0 Å². The van der Waals surface area contributed by atoms with Gasteiger partial charge in [-0.2, -0.15) is 0 Å². The largest absolute Gasteiger partial charge is 0.481 e. The quantitative estimate of drug-likeness (QED) is 0.352. The molecule has 0 aromatic carbocycles. The number of carboxylic acid groups (broad SMARTS) is 1. The summed E-state index contributed by atoms with van der Waals surface area (Å²) >= 11 is 0. The van der Waals surface area contributed by atoms with E-state index in [0.29, 0.717) is 19.5 Å². The van der Waals surface area contributed by atoms with Crippen LogP contribution in [0.25, 0.3) is 0 Å². The van der Waals surface area contributed by atoms with Crippen molar-refractivity contribution in [3.05, 3.63) is 12.7 Å². The van der Waals surface area contributed by atoms with Crippen LogP contribution >= 0.6 is 0 Å². The zero-order chi connectivity index (χ0) is 17.5. The Labute approximate surface area is 141 Å². The van der Waals surface area contributed by atoms with Crippen molar-refractivity contribution in [3.8, 4) is 0 Å². The number of carbonyl (C=O) groups is 2. The second kappa shape index (κ2) is 14.3. The van der Waals surface area contributed by atoms with E-state index in [9.17, 15) is 14.7 Å². The van der Waals surface area contributed by atoms with E-state index in [1.807, 2.05) is 19.9 Å². The first kappa shape index (κ1) is 21.7. The van der Waals surface area contributed by atoms with Crippen LogP contribution in [-0.4, -0.2) is 35.0 Å². The van der Waals surface area contributed by atoms with Gasteiger partial charge in [0.2, 0.25) is 5.91 Å². The number of carbonyl (C=O) groups excluding carboxylic acids is 1. The van der Waals surface area contributed by atoms with Gasteiger partial charge in [-0.15, -0.1) is 6.58 Å². The summed E-state index contributed by atoms with van der Waals surface area (Å²) in [6.45, 7) is 8.86. The van der Waals surface area contributed by atoms with Crippen LogP contribution < -0.4 is 0 Å². The lowest BCUT2D eigenvalue weighted by molar-refractivity contribution is -0.146. The fraction of sp³-hybridized carbons (Fsp3) is 0.789. The van der Waals surface area contributed by atoms with Crippen LogP contribution in [0.5, 0.6) is 0 Å². The van der Waals surface area contributed by atoms with Gasteiger partial charge in [-0.25, -0.2) is 0 Å². The molecule has 0 fully saturated rings. The molecule has 1 N–H and O–H groups in total. The van der Waals surface area contributed by atoms with Crippen molar-refractivity contribution in [1.82, 2.24) is 4.90 Å². The Hall–Kier alpha value is -1.32. The van der Waals surface area contributed by atoms with Crippen molar-refractivity contribution in [3.63, 3.8) is 0 Å². The highest BCUT2D eigenvalue weighted by Crippen LogP contribution is 2.17. The van der Waals surface area contributed by atoms with E-state index in [1.165, 1.54) is 25.7 Å². The number of carboxylic acids is 1. The summed E-state index contributed by atoms with van der Waals surface area (Å²) in [6.07, 6.45) is 11.9. The molecule has 4 heteroatoms. The molecule has 1 atom stereocenters. The Morgan fingerprint density at radius 1 is 1.00 bits per heavy atom. The van der Waals surface area contributed by atoms with E-state index in [1.54, 1.807) is 4.90 Å². The summed E-state index contributed by atoms with van der Waals surface area (Å²) in [5, 5.41) is 9.29. The first-order valence-corrected chi connectivity index (χ1v) is 9.18. The van der Waals surface area contributed by atoms with E-state index in [2.05, 4.69) is 6.58 Å². The molecule has 0 saturated carbocycles. The van der Waals surface area contributed by atoms with E-state index < -0.39 is 11.9 Å². The third-order valence-electron chi connectivity index (χ3n) is 4.35. The predicted octanol–water partition coefficient (Wildman–Crippen LogP) is 4.64. The molecule has 0 bridgehead atoms. The summed E-state index contributed by atoms with van der Waals surface area (Å²) < 4.78 is 0. The number of allylic oxidation sites excluding steroid dienone is 1. The highest BCUT2D eigenvalue weighted by molar-refractivity contribution is 5.82.